The van der Waals surface area contributed by atoms with Crippen molar-refractivity contribution in [2.45, 2.75) is 74.8 Å². The zero-order chi connectivity index (χ0) is 65.9. The van der Waals surface area contributed by atoms with E-state index in [1.54, 1.807) is 0 Å². The van der Waals surface area contributed by atoms with E-state index in [0.29, 0.717) is 58.5 Å². The first kappa shape index (κ1) is 56.7. The predicted octanol–water partition coefficient (Wildman–Crippen LogP) is 13.4. The maximum Gasteiger partial charge on any atom is 0.798 e. The number of rotatable bonds is 6. The molecule has 0 radical (unpaired) electrons. The SMILES string of the molecule is C[Si](C)([O][Al]1[n]2c3c4ccccc4c2N=C2N=C(N=c4c5ccccc5c([n]41)=NC1=NC(=N3)c3ccccc31)c1ccccc12)C12CC3CC(C1)CC([Si](C)(C)[O][Al]1[n]4c5c6ccccc6c4N=C4N=C(N=c6c7ccccc7c([n]61)=NC1=NC(=N5)c5ccccc51)c1ccccc14)(C3)C2. The Labute approximate surface area is 583 Å². The van der Waals surface area contributed by atoms with Gasteiger partial charge in [-0.05, 0) is 86.6 Å². The van der Waals surface area contributed by atoms with Crippen LogP contribution in [0.15, 0.2) is 254 Å². The summed E-state index contributed by atoms with van der Waals surface area (Å²) in [7, 11) is -6.18. The van der Waals surface area contributed by atoms with E-state index in [9.17, 15) is 0 Å². The molecule has 100 heavy (non-hydrogen) atoms. The first-order valence-electron chi connectivity index (χ1n) is 34.8. The Kier molecular flexibility index (Phi) is 11.3. The topological polar surface area (TPSA) is 187 Å². The van der Waals surface area contributed by atoms with Gasteiger partial charge in [0.25, 0.3) is 0 Å². The van der Waals surface area contributed by atoms with Crippen molar-refractivity contribution in [1.29, 1.82) is 0 Å². The fourth-order valence-electron chi connectivity index (χ4n) is 19.4. The number of nitrogens with zero attached hydrogens (tertiary/aromatic N) is 16. The Morgan fingerprint density at radius 2 is 0.510 bits per heavy atom. The van der Waals surface area contributed by atoms with Crippen LogP contribution in [0.25, 0.3) is 43.1 Å². The monoisotopic (exact) mass is 1360 g/mol. The molecule has 0 saturated heterocycles. The molecule has 0 amide bonds. The van der Waals surface area contributed by atoms with Gasteiger partial charge >= 0.3 is 29.8 Å². The van der Waals surface area contributed by atoms with Crippen LogP contribution in [-0.4, -0.2) is 107 Å². The molecule has 24 rings (SSSR count). The van der Waals surface area contributed by atoms with E-state index < -0.39 is 46.5 Å². The molecular weight excluding hydrogens is 1300 g/mol. The Hall–Kier alpha value is -10.1. The minimum Gasteiger partial charge on any atom is -0.509 e. The highest BCUT2D eigenvalue weighted by molar-refractivity contribution is 6.83. The van der Waals surface area contributed by atoms with Gasteiger partial charge in [-0.3, -0.25) is 0 Å². The van der Waals surface area contributed by atoms with Gasteiger partial charge in [-0.15, -0.1) is 0 Å². The van der Waals surface area contributed by atoms with Crippen LogP contribution >= 0.6 is 0 Å². The second-order valence-corrected chi connectivity index (χ2v) is 43.2. The smallest absolute Gasteiger partial charge is 0.509 e. The lowest BCUT2D eigenvalue weighted by Gasteiger charge is -2.69. The fraction of sp³-hybridized carbons (Fsp3) is 0.179. The summed E-state index contributed by atoms with van der Waals surface area (Å²) >= 11 is -6.56. The van der Waals surface area contributed by atoms with Crippen molar-refractivity contribution in [3.05, 3.63) is 261 Å². The highest BCUT2D eigenvalue weighted by Crippen LogP contribution is 2.77. The zero-order valence-corrected chi connectivity index (χ0v) is 59.3. The maximum atomic E-state index is 8.87. The summed E-state index contributed by atoms with van der Waals surface area (Å²) in [5, 5.41) is 7.36. The minimum atomic E-state index is -3.28. The summed E-state index contributed by atoms with van der Waals surface area (Å²) in [5.74, 6) is 8.85. The quantitative estimate of drug-likeness (QED) is 0.150. The Balaban J connectivity index is 0.745. The molecule has 8 aromatic carbocycles. The average Bonchev–Trinajstić information content (AvgIpc) is 1.10. The van der Waals surface area contributed by atoms with E-state index in [0.717, 1.165) is 165 Å². The van der Waals surface area contributed by atoms with Gasteiger partial charge in [0.15, 0.2) is 63.3 Å². The van der Waals surface area contributed by atoms with Gasteiger partial charge in [0, 0.05) is 87.6 Å². The van der Waals surface area contributed by atoms with Gasteiger partial charge in [0.1, 0.15) is 45.2 Å². The lowest BCUT2D eigenvalue weighted by molar-refractivity contribution is 0.0192. The van der Waals surface area contributed by atoms with Crippen LogP contribution in [-0.2, 0) is 6.96 Å². The average molecular weight is 1360 g/mol. The third-order valence-corrected chi connectivity index (χ3v) is 40.3. The van der Waals surface area contributed by atoms with E-state index in [1.165, 1.54) is 6.42 Å². The molecule has 0 atom stereocenters. The van der Waals surface area contributed by atoms with Crippen LogP contribution in [0.4, 0.5) is 23.3 Å². The molecule has 18 nitrogen and oxygen atoms in total. The Morgan fingerprint density at radius 3 is 0.760 bits per heavy atom. The number of aromatic nitrogens is 4. The van der Waals surface area contributed by atoms with Crippen molar-refractivity contribution in [1.82, 2.24) is 14.2 Å². The molecule has 4 saturated carbocycles. The number of benzene rings is 8. The van der Waals surface area contributed by atoms with Gasteiger partial charge in [-0.2, -0.15) is 0 Å². The zero-order valence-electron chi connectivity index (χ0n) is 55.0. The molecular formula is C78H58Al2N16O2Si2. The van der Waals surface area contributed by atoms with Crippen molar-refractivity contribution >= 4 is 160 Å². The van der Waals surface area contributed by atoms with Crippen molar-refractivity contribution in [2.75, 3.05) is 0 Å². The second-order valence-electron chi connectivity index (χ2n) is 29.8. The van der Waals surface area contributed by atoms with Crippen LogP contribution in [0.5, 0.6) is 0 Å². The lowest BCUT2D eigenvalue weighted by Crippen LogP contribution is -2.66. The van der Waals surface area contributed by atoms with E-state index >= 15 is 0 Å². The van der Waals surface area contributed by atoms with Crippen LogP contribution in [0.2, 0.25) is 36.3 Å². The van der Waals surface area contributed by atoms with Gasteiger partial charge in [0.2, 0.25) is 0 Å². The molecule has 22 heteroatoms. The molecule has 4 aliphatic carbocycles. The number of amidine groups is 8. The maximum absolute atomic E-state index is 8.87. The first-order valence-corrected chi connectivity index (χ1v) is 43.6. The van der Waals surface area contributed by atoms with Crippen LogP contribution in [0.3, 0.4) is 0 Å². The lowest BCUT2D eigenvalue weighted by atomic mass is 9.55. The summed E-state index contributed by atoms with van der Waals surface area (Å²) < 4.78 is 27.3. The summed E-state index contributed by atoms with van der Waals surface area (Å²) in [5.41, 5.74) is 10.5. The molecule has 12 aromatic rings. The predicted molar refractivity (Wildman–Crippen MR) is 399 cm³/mol. The molecule has 0 N–H and O–H groups in total. The number of aliphatic imine (C=N–C) groups is 8. The Morgan fingerprint density at radius 1 is 0.290 bits per heavy atom. The third-order valence-electron chi connectivity index (χ3n) is 23.9. The number of fused-ring (bicyclic) bond motifs is 28. The Bertz CT molecular complexity index is 5730. The standard InChI is InChI=1S/2C32H16N8.C14H26O2Si2.2Al/c2*1-2-10-18-17(9-1)25-33-26(18)38-28-21-13-5-6-14-22(21)30(35-28)40-32-24-16-8-7-15-23(24)31(36-32)39-29-20-12-4-3-11-19(20)27(34-29)37-25;1-17(2,15)13-6-11-5-12(7-13)9-14(8-11,10-13)18(3,4)16;;/h2*1-16H;11-12H,5-10H2,1-4H3;;/q3*-2;2*+3. The number of hydrogen-bond acceptors (Lipinski definition) is 14. The van der Waals surface area contributed by atoms with E-state index in [2.05, 4.69) is 235 Å². The fourth-order valence-corrected chi connectivity index (χ4v) is 35.9. The molecule has 4 fully saturated rings. The molecule has 4 aromatic heterocycles. The molecule has 12 aliphatic rings. The third kappa shape index (κ3) is 7.58. The molecule has 476 valence electrons. The van der Waals surface area contributed by atoms with Crippen molar-refractivity contribution < 1.29 is 6.96 Å². The highest BCUT2D eigenvalue weighted by atomic mass is 28.4. The summed E-state index contributed by atoms with van der Waals surface area (Å²) in [6.45, 7) is 10.2. The summed E-state index contributed by atoms with van der Waals surface area (Å²) in [6.07, 6.45) is 6.51. The van der Waals surface area contributed by atoms with Crippen molar-refractivity contribution in [3.8, 4) is 0 Å². The van der Waals surface area contributed by atoms with Crippen LogP contribution < -0.4 is 22.0 Å². The van der Waals surface area contributed by atoms with Gasteiger partial charge < -0.3 is 21.2 Å². The molecule has 16 bridgehead atoms. The summed E-state index contributed by atoms with van der Waals surface area (Å²) in [6, 6.07) is 67.8. The van der Waals surface area contributed by atoms with Crippen molar-refractivity contribution in [2.24, 2.45) is 71.7 Å². The van der Waals surface area contributed by atoms with Gasteiger partial charge in [-0.1, -0.05) is 194 Å². The van der Waals surface area contributed by atoms with Gasteiger partial charge in [-0.25, -0.2) is 59.9 Å². The number of hydrogen-bond donors (Lipinski definition) is 0. The molecule has 12 heterocycles. The van der Waals surface area contributed by atoms with Gasteiger partial charge in [0.05, 0.1) is 0 Å². The van der Waals surface area contributed by atoms with Crippen LogP contribution in [0.1, 0.15) is 83.0 Å². The normalized spacial score (nSPS) is 21.9. The molecule has 8 aliphatic heterocycles. The van der Waals surface area contributed by atoms with Crippen LogP contribution in [0, 0.1) is 11.8 Å². The second kappa shape index (κ2) is 19.9. The summed E-state index contributed by atoms with van der Waals surface area (Å²) in [4.78, 5) is 67.6. The first-order chi connectivity index (χ1) is 48.9. The van der Waals surface area contributed by atoms with E-state index in [1.807, 2.05) is 0 Å². The molecule has 0 spiro atoms. The minimum absolute atomic E-state index is 0.181. The molecule has 0 unspecified atom stereocenters. The van der Waals surface area contributed by atoms with E-state index in [4.69, 9.17) is 66.9 Å². The highest BCUT2D eigenvalue weighted by Gasteiger charge is 2.69. The van der Waals surface area contributed by atoms with Crippen molar-refractivity contribution in [3.63, 3.8) is 0 Å². The largest absolute Gasteiger partial charge is 0.798 e. The van der Waals surface area contributed by atoms with E-state index in [-0.39, 0.29) is 10.1 Å².